The maximum Gasteiger partial charge on any atom is 0.220 e. The summed E-state index contributed by atoms with van der Waals surface area (Å²) < 4.78 is 5.40. The highest BCUT2D eigenvalue weighted by Gasteiger charge is 2.51. The fraction of sp³-hybridized carbons (Fsp3) is 0.708. The van der Waals surface area contributed by atoms with E-state index in [2.05, 4.69) is 22.3 Å². The molecule has 0 spiro atoms. The van der Waals surface area contributed by atoms with Gasteiger partial charge in [-0.1, -0.05) is 12.1 Å². The molecule has 5 fully saturated rings. The van der Waals surface area contributed by atoms with E-state index < -0.39 is 6.10 Å². The van der Waals surface area contributed by atoms with Crippen LogP contribution in [-0.2, 0) is 9.53 Å². The molecule has 1 aromatic rings. The van der Waals surface area contributed by atoms with Gasteiger partial charge in [0.2, 0.25) is 5.91 Å². The Bertz CT molecular complexity index is 691. The average Bonchev–Trinajstić information content (AvgIpc) is 2.71. The zero-order valence-corrected chi connectivity index (χ0v) is 17.3. The van der Waals surface area contributed by atoms with Crippen LogP contribution >= 0.6 is 0 Å². The molecule has 2 N–H and O–H groups in total. The zero-order chi connectivity index (χ0) is 19.8. The van der Waals surface area contributed by atoms with Crippen molar-refractivity contribution < 1.29 is 14.6 Å². The summed E-state index contributed by atoms with van der Waals surface area (Å²) in [6, 6.07) is 8.06. The number of anilines is 1. The van der Waals surface area contributed by atoms with Gasteiger partial charge >= 0.3 is 0 Å². The summed E-state index contributed by atoms with van der Waals surface area (Å²) in [7, 11) is 0. The second-order valence-corrected chi connectivity index (χ2v) is 10.1. The van der Waals surface area contributed by atoms with Crippen LogP contribution in [0, 0.1) is 23.2 Å². The van der Waals surface area contributed by atoms with E-state index in [0.717, 1.165) is 55.3 Å². The number of carbonyl (C=O) groups excluding carboxylic acids is 1. The first-order chi connectivity index (χ1) is 14.1. The first kappa shape index (κ1) is 19.4. The third-order valence-corrected chi connectivity index (χ3v) is 7.85. The van der Waals surface area contributed by atoms with Crippen LogP contribution in [0.15, 0.2) is 24.3 Å². The molecule has 4 aliphatic carbocycles. The molecule has 158 valence electrons. The predicted molar refractivity (Wildman–Crippen MR) is 113 cm³/mol. The smallest absolute Gasteiger partial charge is 0.220 e. The van der Waals surface area contributed by atoms with Crippen LogP contribution in [0.3, 0.4) is 0 Å². The van der Waals surface area contributed by atoms with E-state index in [1.165, 1.54) is 38.5 Å². The highest BCUT2D eigenvalue weighted by atomic mass is 16.5. The first-order valence-electron chi connectivity index (χ1n) is 11.5. The third-order valence-electron chi connectivity index (χ3n) is 7.85. The SMILES string of the molecule is O=C(CC12CC3CC(CC(C3)C1)C2)NCC(O)c1ccc(N2CCOCC2)cc1. The number of carbonyl (C=O) groups is 1. The normalized spacial score (nSPS) is 34.2. The molecule has 1 aliphatic heterocycles. The second-order valence-electron chi connectivity index (χ2n) is 10.1. The first-order valence-corrected chi connectivity index (χ1v) is 11.5. The molecule has 4 saturated carbocycles. The fourth-order valence-electron chi connectivity index (χ4n) is 6.97. The lowest BCUT2D eigenvalue weighted by Gasteiger charge is -2.56. The number of benzene rings is 1. The van der Waals surface area contributed by atoms with Crippen molar-refractivity contribution in [3.8, 4) is 0 Å². The molecule has 0 aromatic heterocycles. The van der Waals surface area contributed by atoms with Crippen LogP contribution in [0.1, 0.15) is 56.6 Å². The third kappa shape index (κ3) is 4.17. The molecule has 1 saturated heterocycles. The molecule has 1 aromatic carbocycles. The van der Waals surface area contributed by atoms with Gasteiger partial charge < -0.3 is 20.1 Å². The Kier molecular flexibility index (Phi) is 5.29. The van der Waals surface area contributed by atoms with E-state index in [-0.39, 0.29) is 11.3 Å². The van der Waals surface area contributed by atoms with E-state index in [0.29, 0.717) is 13.0 Å². The molecule has 1 atom stereocenters. The van der Waals surface area contributed by atoms with Gasteiger partial charge in [0.15, 0.2) is 0 Å². The highest BCUT2D eigenvalue weighted by molar-refractivity contribution is 5.76. The Labute approximate surface area is 173 Å². The molecule has 0 radical (unpaired) electrons. The quantitative estimate of drug-likeness (QED) is 0.772. The number of hydrogen-bond donors (Lipinski definition) is 2. The Hall–Kier alpha value is -1.59. The summed E-state index contributed by atoms with van der Waals surface area (Å²) in [6.07, 6.45) is 7.95. The van der Waals surface area contributed by atoms with Crippen molar-refractivity contribution in [1.29, 1.82) is 0 Å². The molecular weight excluding hydrogens is 364 g/mol. The number of ether oxygens (including phenoxy) is 1. The van der Waals surface area contributed by atoms with Gasteiger partial charge in [-0.25, -0.2) is 0 Å². The van der Waals surface area contributed by atoms with Gasteiger partial charge in [0.05, 0.1) is 19.3 Å². The number of nitrogens with zero attached hydrogens (tertiary/aromatic N) is 1. The van der Waals surface area contributed by atoms with Gasteiger partial charge in [0.1, 0.15) is 0 Å². The zero-order valence-electron chi connectivity index (χ0n) is 17.3. The van der Waals surface area contributed by atoms with Crippen LogP contribution in [0.4, 0.5) is 5.69 Å². The summed E-state index contributed by atoms with van der Waals surface area (Å²) >= 11 is 0. The summed E-state index contributed by atoms with van der Waals surface area (Å²) in [5, 5.41) is 13.6. The summed E-state index contributed by atoms with van der Waals surface area (Å²) in [4.78, 5) is 15.0. The van der Waals surface area contributed by atoms with Crippen molar-refractivity contribution in [2.24, 2.45) is 23.2 Å². The Morgan fingerprint density at radius 3 is 2.24 bits per heavy atom. The Balaban J connectivity index is 1.13. The van der Waals surface area contributed by atoms with E-state index in [9.17, 15) is 9.90 Å². The van der Waals surface area contributed by atoms with Gasteiger partial charge in [-0.05, 0) is 79.4 Å². The number of hydrogen-bond acceptors (Lipinski definition) is 4. The van der Waals surface area contributed by atoms with Crippen LogP contribution < -0.4 is 10.2 Å². The van der Waals surface area contributed by atoms with Crippen LogP contribution in [0.2, 0.25) is 0 Å². The molecule has 5 aliphatic rings. The molecule has 1 amide bonds. The maximum atomic E-state index is 12.7. The Morgan fingerprint density at radius 2 is 1.66 bits per heavy atom. The number of nitrogens with one attached hydrogen (secondary N) is 1. The van der Waals surface area contributed by atoms with Crippen LogP contribution in [-0.4, -0.2) is 43.9 Å². The summed E-state index contributed by atoms with van der Waals surface area (Å²) in [5.74, 6) is 2.72. The number of rotatable bonds is 6. The predicted octanol–water partition coefficient (Wildman–Crippen LogP) is 3.28. The molecule has 6 rings (SSSR count). The highest BCUT2D eigenvalue weighted by Crippen LogP contribution is 2.61. The average molecular weight is 399 g/mol. The van der Waals surface area contributed by atoms with Gasteiger partial charge in [-0.3, -0.25) is 4.79 Å². The van der Waals surface area contributed by atoms with Gasteiger partial charge in [-0.15, -0.1) is 0 Å². The summed E-state index contributed by atoms with van der Waals surface area (Å²) in [5.41, 5.74) is 2.27. The van der Waals surface area contributed by atoms with Crippen molar-refractivity contribution >= 4 is 11.6 Å². The van der Waals surface area contributed by atoms with E-state index in [1.807, 2.05) is 12.1 Å². The van der Waals surface area contributed by atoms with E-state index in [4.69, 9.17) is 4.74 Å². The van der Waals surface area contributed by atoms with E-state index in [1.54, 1.807) is 0 Å². The van der Waals surface area contributed by atoms with Gasteiger partial charge in [0, 0.05) is 31.7 Å². The lowest BCUT2D eigenvalue weighted by atomic mass is 9.49. The van der Waals surface area contributed by atoms with Crippen molar-refractivity contribution in [2.75, 3.05) is 37.7 Å². The van der Waals surface area contributed by atoms with Gasteiger partial charge in [-0.2, -0.15) is 0 Å². The molecule has 4 bridgehead atoms. The summed E-state index contributed by atoms with van der Waals surface area (Å²) in [6.45, 7) is 3.63. The van der Waals surface area contributed by atoms with Crippen molar-refractivity contribution in [2.45, 2.75) is 51.0 Å². The topological polar surface area (TPSA) is 61.8 Å². The molecule has 5 nitrogen and oxygen atoms in total. The van der Waals surface area contributed by atoms with Crippen LogP contribution in [0.25, 0.3) is 0 Å². The largest absolute Gasteiger partial charge is 0.387 e. The number of aliphatic hydroxyl groups is 1. The standard InChI is InChI=1S/C24H34N2O3/c27-22(20-1-3-21(4-2-20)26-5-7-29-8-6-26)16-25-23(28)15-24-12-17-9-18(13-24)11-19(10-17)14-24/h1-4,17-19,22,27H,5-16H2,(H,25,28). The Morgan fingerprint density at radius 1 is 1.07 bits per heavy atom. The molecule has 1 unspecified atom stereocenters. The lowest BCUT2D eigenvalue weighted by molar-refractivity contribution is -0.129. The number of aliphatic hydroxyl groups excluding tert-OH is 1. The minimum atomic E-state index is -0.658. The molecule has 1 heterocycles. The monoisotopic (exact) mass is 398 g/mol. The molecular formula is C24H34N2O3. The van der Waals surface area contributed by atoms with Crippen molar-refractivity contribution in [3.05, 3.63) is 29.8 Å². The van der Waals surface area contributed by atoms with Crippen molar-refractivity contribution in [1.82, 2.24) is 5.32 Å². The molecule has 29 heavy (non-hydrogen) atoms. The maximum absolute atomic E-state index is 12.7. The minimum Gasteiger partial charge on any atom is -0.387 e. The lowest BCUT2D eigenvalue weighted by Crippen LogP contribution is -2.48. The number of morpholine rings is 1. The minimum absolute atomic E-state index is 0.121. The number of amides is 1. The molecule has 5 heteroatoms. The van der Waals surface area contributed by atoms with Crippen LogP contribution in [0.5, 0.6) is 0 Å². The van der Waals surface area contributed by atoms with E-state index >= 15 is 0 Å². The van der Waals surface area contributed by atoms with Gasteiger partial charge in [0.25, 0.3) is 0 Å². The second kappa shape index (κ2) is 7.92. The fourth-order valence-corrected chi connectivity index (χ4v) is 6.97. The van der Waals surface area contributed by atoms with Crippen molar-refractivity contribution in [3.63, 3.8) is 0 Å².